The molecule has 0 aromatic carbocycles. The van der Waals surface area contributed by atoms with Gasteiger partial charge in [-0.2, -0.15) is 0 Å². The van der Waals surface area contributed by atoms with Crippen LogP contribution in [0.1, 0.15) is 71.1 Å². The van der Waals surface area contributed by atoms with Crippen LogP contribution in [0.2, 0.25) is 0 Å². The Balaban J connectivity index is 3.43. The van der Waals surface area contributed by atoms with Gasteiger partial charge < -0.3 is 10.0 Å². The Morgan fingerprint density at radius 1 is 0.895 bits per heavy atom. The summed E-state index contributed by atoms with van der Waals surface area (Å²) < 4.78 is 0. The maximum atomic E-state index is 11.7. The Labute approximate surface area is 117 Å². The number of carboxylic acids is 1. The summed E-state index contributed by atoms with van der Waals surface area (Å²) in [4.78, 5) is 23.8. The topological polar surface area (TPSA) is 57.6 Å². The van der Waals surface area contributed by atoms with Gasteiger partial charge in [-0.1, -0.05) is 45.4 Å². The van der Waals surface area contributed by atoms with E-state index in [1.165, 1.54) is 32.1 Å². The zero-order chi connectivity index (χ0) is 14.5. The van der Waals surface area contributed by atoms with Crippen LogP contribution in [0.4, 0.5) is 0 Å². The van der Waals surface area contributed by atoms with E-state index < -0.39 is 5.97 Å². The zero-order valence-corrected chi connectivity index (χ0v) is 12.5. The Morgan fingerprint density at radius 3 is 2.05 bits per heavy atom. The largest absolute Gasteiger partial charge is 0.481 e. The Kier molecular flexibility index (Phi) is 11.3. The van der Waals surface area contributed by atoms with Gasteiger partial charge in [-0.15, -0.1) is 0 Å². The summed E-state index contributed by atoms with van der Waals surface area (Å²) in [5.41, 5.74) is 0. The number of hydrogen-bond acceptors (Lipinski definition) is 2. The van der Waals surface area contributed by atoms with E-state index in [1.54, 1.807) is 11.9 Å². The molecular formula is C15H29NO3. The van der Waals surface area contributed by atoms with Crippen molar-refractivity contribution in [1.82, 2.24) is 4.90 Å². The summed E-state index contributed by atoms with van der Waals surface area (Å²) in [5, 5.41) is 8.52. The van der Waals surface area contributed by atoms with Crippen molar-refractivity contribution in [2.75, 3.05) is 13.6 Å². The van der Waals surface area contributed by atoms with Crippen molar-refractivity contribution in [1.29, 1.82) is 0 Å². The fourth-order valence-corrected chi connectivity index (χ4v) is 2.02. The van der Waals surface area contributed by atoms with E-state index in [-0.39, 0.29) is 12.3 Å². The number of carbonyl (C=O) groups is 2. The molecule has 0 aromatic heterocycles. The molecule has 4 nitrogen and oxygen atoms in total. The molecule has 1 amide bonds. The highest BCUT2D eigenvalue weighted by molar-refractivity contribution is 5.75. The van der Waals surface area contributed by atoms with E-state index >= 15 is 0 Å². The second-order valence-corrected chi connectivity index (χ2v) is 5.18. The first kappa shape index (κ1) is 17.9. The number of unbranched alkanes of at least 4 members (excludes halogenated alkanes) is 6. The average molecular weight is 271 g/mol. The smallest absolute Gasteiger partial charge is 0.303 e. The molecule has 0 fully saturated rings. The lowest BCUT2D eigenvalue weighted by atomic mass is 10.1. The number of hydrogen-bond donors (Lipinski definition) is 1. The third-order valence-corrected chi connectivity index (χ3v) is 3.30. The fourth-order valence-electron chi connectivity index (χ4n) is 2.02. The Morgan fingerprint density at radius 2 is 1.47 bits per heavy atom. The molecule has 0 aliphatic heterocycles. The molecule has 0 bridgehead atoms. The molecule has 0 saturated heterocycles. The molecule has 0 aliphatic rings. The van der Waals surface area contributed by atoms with Gasteiger partial charge in [0.25, 0.3) is 0 Å². The number of amides is 1. The van der Waals surface area contributed by atoms with Crippen LogP contribution in [0.3, 0.4) is 0 Å². The molecular weight excluding hydrogens is 242 g/mol. The molecule has 112 valence electrons. The van der Waals surface area contributed by atoms with Crippen LogP contribution in [0.5, 0.6) is 0 Å². The quantitative estimate of drug-likeness (QED) is 0.553. The van der Waals surface area contributed by atoms with E-state index in [0.717, 1.165) is 12.8 Å². The van der Waals surface area contributed by atoms with E-state index in [0.29, 0.717) is 19.4 Å². The molecule has 1 N–H and O–H groups in total. The number of rotatable bonds is 12. The average Bonchev–Trinajstić information content (AvgIpc) is 2.36. The van der Waals surface area contributed by atoms with Gasteiger partial charge in [0.2, 0.25) is 5.91 Å². The third kappa shape index (κ3) is 11.7. The molecule has 0 saturated carbocycles. The Bertz CT molecular complexity index is 254. The molecule has 0 aromatic rings. The van der Waals surface area contributed by atoms with Gasteiger partial charge in [0.15, 0.2) is 0 Å². The van der Waals surface area contributed by atoms with Gasteiger partial charge in [-0.25, -0.2) is 0 Å². The van der Waals surface area contributed by atoms with Crippen LogP contribution in [-0.4, -0.2) is 35.5 Å². The minimum atomic E-state index is -0.798. The van der Waals surface area contributed by atoms with E-state index in [2.05, 4.69) is 6.92 Å². The van der Waals surface area contributed by atoms with Gasteiger partial charge in [-0.3, -0.25) is 9.59 Å². The predicted octanol–water partition coefficient (Wildman–Crippen LogP) is 3.45. The highest BCUT2D eigenvalue weighted by atomic mass is 16.4. The third-order valence-electron chi connectivity index (χ3n) is 3.30. The summed E-state index contributed by atoms with van der Waals surface area (Å²) in [6, 6.07) is 0. The lowest BCUT2D eigenvalue weighted by molar-refractivity contribution is -0.138. The second-order valence-electron chi connectivity index (χ2n) is 5.18. The number of nitrogens with zero attached hydrogens (tertiary/aromatic N) is 1. The highest BCUT2D eigenvalue weighted by Crippen LogP contribution is 2.09. The van der Waals surface area contributed by atoms with Gasteiger partial charge >= 0.3 is 5.97 Å². The minimum absolute atomic E-state index is 0.134. The van der Waals surface area contributed by atoms with Crippen LogP contribution >= 0.6 is 0 Å². The van der Waals surface area contributed by atoms with Crippen molar-refractivity contribution in [3.05, 3.63) is 0 Å². The number of carboxylic acid groups (broad SMARTS) is 1. The Hall–Kier alpha value is -1.06. The van der Waals surface area contributed by atoms with Gasteiger partial charge in [0.05, 0.1) is 0 Å². The van der Waals surface area contributed by atoms with Crippen LogP contribution < -0.4 is 0 Å². The first-order valence-electron chi connectivity index (χ1n) is 7.53. The molecule has 0 rings (SSSR count). The molecule has 0 atom stereocenters. The molecule has 19 heavy (non-hydrogen) atoms. The van der Waals surface area contributed by atoms with E-state index in [4.69, 9.17) is 5.11 Å². The van der Waals surface area contributed by atoms with Gasteiger partial charge in [-0.05, 0) is 12.8 Å². The van der Waals surface area contributed by atoms with Crippen LogP contribution in [0, 0.1) is 0 Å². The lowest BCUT2D eigenvalue weighted by Crippen LogP contribution is -2.27. The van der Waals surface area contributed by atoms with Crippen LogP contribution in [0.15, 0.2) is 0 Å². The predicted molar refractivity (Wildman–Crippen MR) is 77.1 cm³/mol. The van der Waals surface area contributed by atoms with Crippen molar-refractivity contribution < 1.29 is 14.7 Å². The lowest BCUT2D eigenvalue weighted by Gasteiger charge is -2.16. The molecule has 0 aliphatic carbocycles. The molecule has 0 spiro atoms. The first-order valence-corrected chi connectivity index (χ1v) is 7.53. The number of aliphatic carboxylic acids is 1. The normalized spacial score (nSPS) is 10.4. The SMILES string of the molecule is CCCCCCCCCC(=O)N(C)CCCC(=O)O. The minimum Gasteiger partial charge on any atom is -0.481 e. The van der Waals surface area contributed by atoms with E-state index in [1.807, 2.05) is 0 Å². The first-order chi connectivity index (χ1) is 9.07. The highest BCUT2D eigenvalue weighted by Gasteiger charge is 2.08. The molecule has 0 heterocycles. The number of carbonyl (C=O) groups excluding carboxylic acids is 1. The summed E-state index contributed by atoms with van der Waals surface area (Å²) >= 11 is 0. The van der Waals surface area contributed by atoms with Crippen molar-refractivity contribution in [2.45, 2.75) is 71.1 Å². The summed E-state index contributed by atoms with van der Waals surface area (Å²) in [6.45, 7) is 2.75. The van der Waals surface area contributed by atoms with Crippen molar-refractivity contribution >= 4 is 11.9 Å². The van der Waals surface area contributed by atoms with E-state index in [9.17, 15) is 9.59 Å². The van der Waals surface area contributed by atoms with Crippen molar-refractivity contribution in [2.24, 2.45) is 0 Å². The van der Waals surface area contributed by atoms with Crippen molar-refractivity contribution in [3.63, 3.8) is 0 Å². The molecule has 0 unspecified atom stereocenters. The summed E-state index contributed by atoms with van der Waals surface area (Å²) in [5.74, 6) is -0.660. The summed E-state index contributed by atoms with van der Waals surface area (Å²) in [6.07, 6.45) is 9.71. The fraction of sp³-hybridized carbons (Fsp3) is 0.867. The van der Waals surface area contributed by atoms with Gasteiger partial charge in [0, 0.05) is 26.4 Å². The molecule has 0 radical (unpaired) electrons. The van der Waals surface area contributed by atoms with Gasteiger partial charge in [0.1, 0.15) is 0 Å². The maximum absolute atomic E-state index is 11.7. The van der Waals surface area contributed by atoms with Crippen LogP contribution in [0.25, 0.3) is 0 Å². The second kappa shape index (κ2) is 12.0. The standard InChI is InChI=1S/C15H29NO3/c1-3-4-5-6-7-8-9-11-14(17)16(2)13-10-12-15(18)19/h3-13H2,1-2H3,(H,18,19). The van der Waals surface area contributed by atoms with Crippen molar-refractivity contribution in [3.8, 4) is 0 Å². The molecule has 4 heteroatoms. The zero-order valence-electron chi connectivity index (χ0n) is 12.5. The van der Waals surface area contributed by atoms with Crippen LogP contribution in [-0.2, 0) is 9.59 Å². The maximum Gasteiger partial charge on any atom is 0.303 e. The summed E-state index contributed by atoms with van der Waals surface area (Å²) in [7, 11) is 1.76. The monoisotopic (exact) mass is 271 g/mol.